The minimum absolute atomic E-state index is 0.0290. The molecule has 1 aliphatic heterocycles. The molecular weight excluding hydrogens is 412 g/mol. The van der Waals surface area contributed by atoms with Crippen LogP contribution in [0.2, 0.25) is 0 Å². The van der Waals surface area contributed by atoms with E-state index in [2.05, 4.69) is 33.7 Å². The van der Waals surface area contributed by atoms with Crippen LogP contribution < -0.4 is 15.5 Å². The topological polar surface area (TPSA) is 77.4 Å². The van der Waals surface area contributed by atoms with Crippen LogP contribution in [0.25, 0.3) is 0 Å². The molecule has 0 bridgehead atoms. The molecule has 33 heavy (non-hydrogen) atoms. The van der Waals surface area contributed by atoms with Gasteiger partial charge in [0.15, 0.2) is 0 Å². The highest BCUT2D eigenvalue weighted by Gasteiger charge is 2.36. The van der Waals surface area contributed by atoms with Gasteiger partial charge in [0.25, 0.3) is 0 Å². The molecule has 6 heteroatoms. The molecule has 1 saturated carbocycles. The van der Waals surface area contributed by atoms with Gasteiger partial charge in [0.05, 0.1) is 17.7 Å². The molecule has 0 radical (unpaired) electrons. The molecular formula is C27H34N4O2. The SMILES string of the molecule is Cc1cccc(COC(=O)N[C@@H]2CCCC[C@H]2N(c2ccc(C#N)cc2)[C@H]2CCCNC2)c1. The maximum absolute atomic E-state index is 12.7. The molecule has 6 nitrogen and oxygen atoms in total. The number of rotatable bonds is 6. The Balaban J connectivity index is 1.49. The highest BCUT2D eigenvalue weighted by Crippen LogP contribution is 2.32. The van der Waals surface area contributed by atoms with Gasteiger partial charge in [-0.25, -0.2) is 4.79 Å². The van der Waals surface area contributed by atoms with Crippen molar-refractivity contribution in [1.29, 1.82) is 5.26 Å². The van der Waals surface area contributed by atoms with Crippen molar-refractivity contribution in [1.82, 2.24) is 10.6 Å². The molecule has 2 aromatic carbocycles. The summed E-state index contributed by atoms with van der Waals surface area (Å²) >= 11 is 0. The van der Waals surface area contributed by atoms with Crippen LogP contribution in [0, 0.1) is 18.3 Å². The van der Waals surface area contributed by atoms with E-state index in [4.69, 9.17) is 4.74 Å². The van der Waals surface area contributed by atoms with Crippen molar-refractivity contribution < 1.29 is 9.53 Å². The number of aryl methyl sites for hydroxylation is 1. The lowest BCUT2D eigenvalue weighted by Crippen LogP contribution is -2.59. The van der Waals surface area contributed by atoms with Crippen molar-refractivity contribution in [2.24, 2.45) is 0 Å². The van der Waals surface area contributed by atoms with Crippen LogP contribution in [0.4, 0.5) is 10.5 Å². The van der Waals surface area contributed by atoms with E-state index in [0.717, 1.165) is 68.4 Å². The van der Waals surface area contributed by atoms with E-state index in [1.54, 1.807) is 0 Å². The fraction of sp³-hybridized carbons (Fsp3) is 0.481. The number of nitrogens with one attached hydrogen (secondary N) is 2. The molecule has 2 aromatic rings. The number of anilines is 1. The van der Waals surface area contributed by atoms with Crippen LogP contribution in [0.15, 0.2) is 48.5 Å². The number of ether oxygens (including phenoxy) is 1. The molecule has 0 unspecified atom stereocenters. The van der Waals surface area contributed by atoms with E-state index < -0.39 is 0 Å². The Kier molecular flexibility index (Phi) is 7.85. The molecule has 1 heterocycles. The average Bonchev–Trinajstić information content (AvgIpc) is 2.85. The third kappa shape index (κ3) is 6.06. The first-order chi connectivity index (χ1) is 16.1. The van der Waals surface area contributed by atoms with E-state index in [-0.39, 0.29) is 24.8 Å². The second-order valence-electron chi connectivity index (χ2n) is 9.23. The van der Waals surface area contributed by atoms with Crippen molar-refractivity contribution in [3.05, 3.63) is 65.2 Å². The molecule has 1 amide bonds. The summed E-state index contributed by atoms with van der Waals surface area (Å²) < 4.78 is 5.58. The first-order valence-corrected chi connectivity index (χ1v) is 12.1. The molecule has 1 saturated heterocycles. The quantitative estimate of drug-likeness (QED) is 0.675. The van der Waals surface area contributed by atoms with Crippen LogP contribution in [-0.2, 0) is 11.3 Å². The highest BCUT2D eigenvalue weighted by atomic mass is 16.5. The number of carbonyl (C=O) groups is 1. The van der Waals surface area contributed by atoms with Crippen LogP contribution in [0.1, 0.15) is 55.2 Å². The molecule has 1 aliphatic carbocycles. The fourth-order valence-corrected chi connectivity index (χ4v) is 5.21. The summed E-state index contributed by atoms with van der Waals surface area (Å²) in [5, 5.41) is 15.9. The average molecular weight is 447 g/mol. The molecule has 0 spiro atoms. The maximum Gasteiger partial charge on any atom is 0.407 e. The predicted molar refractivity (Wildman–Crippen MR) is 130 cm³/mol. The molecule has 2 aliphatic rings. The smallest absolute Gasteiger partial charge is 0.407 e. The Morgan fingerprint density at radius 3 is 2.70 bits per heavy atom. The van der Waals surface area contributed by atoms with E-state index in [9.17, 15) is 10.1 Å². The first-order valence-electron chi connectivity index (χ1n) is 12.1. The minimum atomic E-state index is -0.352. The summed E-state index contributed by atoms with van der Waals surface area (Å²) in [6, 6.07) is 18.7. The standard InChI is InChI=1S/C27H34N4O2/c1-20-6-4-7-22(16-20)19-33-27(32)30-25-9-2-3-10-26(25)31(24-8-5-15-29-18-24)23-13-11-21(17-28)12-14-23/h4,6-7,11-14,16,24-26,29H,2-3,5,8-10,15,18-19H2,1H3,(H,30,32)/t24-,25+,26+/m0/s1. The van der Waals surface area contributed by atoms with Gasteiger partial charge >= 0.3 is 6.09 Å². The van der Waals surface area contributed by atoms with Crippen molar-refractivity contribution in [3.63, 3.8) is 0 Å². The van der Waals surface area contributed by atoms with Gasteiger partial charge in [-0.1, -0.05) is 42.7 Å². The van der Waals surface area contributed by atoms with Gasteiger partial charge in [-0.05, 0) is 69.0 Å². The number of piperidine rings is 1. The van der Waals surface area contributed by atoms with E-state index in [1.165, 1.54) is 0 Å². The molecule has 2 fully saturated rings. The Bertz CT molecular complexity index is 963. The Labute approximate surface area is 196 Å². The molecule has 4 rings (SSSR count). The lowest BCUT2D eigenvalue weighted by molar-refractivity contribution is 0.130. The van der Waals surface area contributed by atoms with Crippen molar-refractivity contribution in [2.75, 3.05) is 18.0 Å². The zero-order chi connectivity index (χ0) is 23.0. The first kappa shape index (κ1) is 23.1. The van der Waals surface area contributed by atoms with Gasteiger partial charge in [-0.15, -0.1) is 0 Å². The maximum atomic E-state index is 12.7. The Morgan fingerprint density at radius 2 is 1.97 bits per heavy atom. The van der Waals surface area contributed by atoms with Gasteiger partial charge in [-0.2, -0.15) is 5.26 Å². The number of carbonyl (C=O) groups excluding carboxylic acids is 1. The highest BCUT2D eigenvalue weighted by molar-refractivity contribution is 5.68. The number of alkyl carbamates (subject to hydrolysis) is 1. The third-order valence-corrected chi connectivity index (χ3v) is 6.80. The monoisotopic (exact) mass is 446 g/mol. The van der Waals surface area contributed by atoms with Crippen molar-refractivity contribution >= 4 is 11.8 Å². The molecule has 174 valence electrons. The van der Waals surface area contributed by atoms with Crippen LogP contribution in [0.3, 0.4) is 0 Å². The normalized spacial score (nSPS) is 22.7. The van der Waals surface area contributed by atoms with Crippen LogP contribution in [-0.4, -0.2) is 37.3 Å². The van der Waals surface area contributed by atoms with E-state index >= 15 is 0 Å². The van der Waals surface area contributed by atoms with Crippen LogP contribution in [0.5, 0.6) is 0 Å². The summed E-state index contributed by atoms with van der Waals surface area (Å²) in [5.74, 6) is 0. The van der Waals surface area contributed by atoms with Crippen LogP contribution >= 0.6 is 0 Å². The van der Waals surface area contributed by atoms with E-state index in [1.807, 2.05) is 43.3 Å². The van der Waals surface area contributed by atoms with Gasteiger partial charge < -0.3 is 20.3 Å². The zero-order valence-corrected chi connectivity index (χ0v) is 19.4. The molecule has 3 atom stereocenters. The van der Waals surface area contributed by atoms with Crippen molar-refractivity contribution in [3.8, 4) is 6.07 Å². The number of hydrogen-bond donors (Lipinski definition) is 2. The van der Waals surface area contributed by atoms with Gasteiger partial charge in [0.1, 0.15) is 6.61 Å². The number of nitrogens with zero attached hydrogens (tertiary/aromatic N) is 2. The predicted octanol–water partition coefficient (Wildman–Crippen LogP) is 4.66. The number of nitriles is 1. The number of benzene rings is 2. The zero-order valence-electron chi connectivity index (χ0n) is 19.4. The molecule has 2 N–H and O–H groups in total. The Hall–Kier alpha value is -3.04. The van der Waals surface area contributed by atoms with Gasteiger partial charge in [-0.3, -0.25) is 0 Å². The second kappa shape index (κ2) is 11.2. The third-order valence-electron chi connectivity index (χ3n) is 6.80. The summed E-state index contributed by atoms with van der Waals surface area (Å²) in [6.07, 6.45) is 6.12. The lowest BCUT2D eigenvalue weighted by atomic mass is 9.87. The molecule has 0 aromatic heterocycles. The second-order valence-corrected chi connectivity index (χ2v) is 9.23. The minimum Gasteiger partial charge on any atom is -0.445 e. The fourth-order valence-electron chi connectivity index (χ4n) is 5.21. The Morgan fingerprint density at radius 1 is 1.15 bits per heavy atom. The summed E-state index contributed by atoms with van der Waals surface area (Å²) in [7, 11) is 0. The summed E-state index contributed by atoms with van der Waals surface area (Å²) in [5.41, 5.74) is 3.94. The summed E-state index contributed by atoms with van der Waals surface area (Å²) in [6.45, 7) is 4.29. The van der Waals surface area contributed by atoms with E-state index in [0.29, 0.717) is 11.6 Å². The van der Waals surface area contributed by atoms with Crippen molar-refractivity contribution in [2.45, 2.75) is 70.2 Å². The largest absolute Gasteiger partial charge is 0.445 e. The van der Waals surface area contributed by atoms with Gasteiger partial charge in [0, 0.05) is 24.3 Å². The van der Waals surface area contributed by atoms with Gasteiger partial charge in [0.2, 0.25) is 0 Å². The number of hydrogen-bond acceptors (Lipinski definition) is 5. The summed E-state index contributed by atoms with van der Waals surface area (Å²) in [4.78, 5) is 15.2. The lowest BCUT2D eigenvalue weighted by Gasteiger charge is -2.46. The number of amides is 1.